The summed E-state index contributed by atoms with van der Waals surface area (Å²) in [6.07, 6.45) is -12.9. The average molecular weight is 347 g/mol. The fourth-order valence-corrected chi connectivity index (χ4v) is 2.33. The molecular weight excluding hydrogens is 338 g/mol. The molecule has 1 N–H and O–H groups in total. The van der Waals surface area contributed by atoms with Crippen molar-refractivity contribution in [1.29, 1.82) is 0 Å². The molecule has 1 heterocycles. The number of hydrogen-bond donors (Lipinski definition) is 1. The zero-order valence-electron chi connectivity index (χ0n) is 11.3. The van der Waals surface area contributed by atoms with E-state index >= 15 is 0 Å². The molecule has 0 aliphatic rings. The Balaban J connectivity index is 2.86. The van der Waals surface area contributed by atoms with Crippen LogP contribution in [0.15, 0.2) is 30.3 Å². The highest BCUT2D eigenvalue weighted by molar-refractivity contribution is 5.81. The SMILES string of the molecule is Cn1c(C(O)(C(F)(F)F)C(F)(F)C(F)(F)F)cc2ccccc21. The van der Waals surface area contributed by atoms with Gasteiger partial charge in [0.1, 0.15) is 0 Å². The van der Waals surface area contributed by atoms with Crippen LogP contribution in [-0.4, -0.2) is 27.9 Å². The summed E-state index contributed by atoms with van der Waals surface area (Å²) >= 11 is 0. The van der Waals surface area contributed by atoms with Gasteiger partial charge in [-0.1, -0.05) is 18.2 Å². The van der Waals surface area contributed by atoms with Crippen LogP contribution in [0.1, 0.15) is 5.69 Å². The molecule has 0 bridgehead atoms. The molecular formula is C13H9F8NO. The molecule has 0 saturated carbocycles. The van der Waals surface area contributed by atoms with E-state index in [-0.39, 0.29) is 10.9 Å². The number of para-hydroxylation sites is 1. The third-order valence-corrected chi connectivity index (χ3v) is 3.54. The lowest BCUT2D eigenvalue weighted by molar-refractivity contribution is -0.410. The maximum Gasteiger partial charge on any atom is 0.457 e. The van der Waals surface area contributed by atoms with Gasteiger partial charge in [0.15, 0.2) is 0 Å². The first-order valence-corrected chi connectivity index (χ1v) is 6.03. The summed E-state index contributed by atoms with van der Waals surface area (Å²) < 4.78 is 104. The number of fused-ring (bicyclic) bond motifs is 1. The van der Waals surface area contributed by atoms with Crippen molar-refractivity contribution in [2.75, 3.05) is 0 Å². The normalized spacial score (nSPS) is 16.6. The number of aryl methyl sites for hydroxylation is 1. The monoisotopic (exact) mass is 347 g/mol. The lowest BCUT2D eigenvalue weighted by Gasteiger charge is -2.38. The highest BCUT2D eigenvalue weighted by Gasteiger charge is 2.81. The maximum atomic E-state index is 13.6. The van der Waals surface area contributed by atoms with Crippen LogP contribution >= 0.6 is 0 Å². The number of halogens is 8. The van der Waals surface area contributed by atoms with Crippen LogP contribution in [0.3, 0.4) is 0 Å². The minimum absolute atomic E-state index is 0.0225. The van der Waals surface area contributed by atoms with E-state index in [0.717, 1.165) is 7.05 Å². The number of aromatic nitrogens is 1. The van der Waals surface area contributed by atoms with E-state index in [0.29, 0.717) is 10.6 Å². The van der Waals surface area contributed by atoms with Gasteiger partial charge in [-0.3, -0.25) is 0 Å². The molecule has 128 valence electrons. The van der Waals surface area contributed by atoms with Crippen LogP contribution in [0.25, 0.3) is 10.9 Å². The summed E-state index contributed by atoms with van der Waals surface area (Å²) in [5.74, 6) is -6.44. The molecule has 2 nitrogen and oxygen atoms in total. The molecule has 1 aromatic carbocycles. The van der Waals surface area contributed by atoms with Gasteiger partial charge < -0.3 is 9.67 Å². The number of aliphatic hydroxyl groups is 1. The Kier molecular flexibility index (Phi) is 3.67. The van der Waals surface area contributed by atoms with Gasteiger partial charge in [0, 0.05) is 12.6 Å². The smallest absolute Gasteiger partial charge is 0.370 e. The van der Waals surface area contributed by atoms with Gasteiger partial charge in [-0.05, 0) is 17.5 Å². The Morgan fingerprint density at radius 1 is 0.870 bits per heavy atom. The topological polar surface area (TPSA) is 25.2 Å². The minimum Gasteiger partial charge on any atom is -0.370 e. The van der Waals surface area contributed by atoms with Gasteiger partial charge in [0.2, 0.25) is 0 Å². The van der Waals surface area contributed by atoms with Gasteiger partial charge in [0.25, 0.3) is 5.60 Å². The van der Waals surface area contributed by atoms with Gasteiger partial charge >= 0.3 is 18.3 Å². The van der Waals surface area contributed by atoms with Gasteiger partial charge in [0.05, 0.1) is 5.69 Å². The average Bonchev–Trinajstić information content (AvgIpc) is 2.73. The van der Waals surface area contributed by atoms with Crippen LogP contribution in [0.4, 0.5) is 35.1 Å². The molecule has 23 heavy (non-hydrogen) atoms. The van der Waals surface area contributed by atoms with E-state index in [1.807, 2.05) is 0 Å². The summed E-state index contributed by atoms with van der Waals surface area (Å²) in [4.78, 5) is 0. The second-order valence-corrected chi connectivity index (χ2v) is 4.93. The van der Waals surface area contributed by atoms with Gasteiger partial charge in [-0.15, -0.1) is 0 Å². The Hall–Kier alpha value is -1.84. The van der Waals surface area contributed by atoms with Crippen LogP contribution in [0, 0.1) is 0 Å². The van der Waals surface area contributed by atoms with Crippen molar-refractivity contribution in [3.05, 3.63) is 36.0 Å². The summed E-state index contributed by atoms with van der Waals surface area (Å²) in [5, 5.41) is 9.53. The second kappa shape index (κ2) is 4.83. The predicted octanol–water partition coefficient (Wildman–Crippen LogP) is 4.13. The molecule has 0 saturated heterocycles. The molecule has 1 unspecified atom stereocenters. The minimum atomic E-state index is -6.60. The zero-order valence-corrected chi connectivity index (χ0v) is 11.3. The van der Waals surface area contributed by atoms with Gasteiger partial charge in [-0.2, -0.15) is 35.1 Å². The lowest BCUT2D eigenvalue weighted by Crippen LogP contribution is -2.63. The van der Waals surface area contributed by atoms with Crippen molar-refractivity contribution in [3.8, 4) is 0 Å². The Morgan fingerprint density at radius 2 is 1.39 bits per heavy atom. The predicted molar refractivity (Wildman–Crippen MR) is 63.9 cm³/mol. The quantitative estimate of drug-likeness (QED) is 0.812. The molecule has 0 aliphatic heterocycles. The molecule has 0 spiro atoms. The summed E-state index contributed by atoms with van der Waals surface area (Å²) in [7, 11) is 0.862. The third-order valence-electron chi connectivity index (χ3n) is 3.54. The van der Waals surface area contributed by atoms with Crippen molar-refractivity contribution < 1.29 is 40.2 Å². The largest absolute Gasteiger partial charge is 0.457 e. The first-order valence-electron chi connectivity index (χ1n) is 6.03. The third kappa shape index (κ3) is 2.27. The fourth-order valence-electron chi connectivity index (χ4n) is 2.33. The number of benzene rings is 1. The molecule has 0 radical (unpaired) electrons. The first kappa shape index (κ1) is 17.5. The van der Waals surface area contributed by atoms with Gasteiger partial charge in [-0.25, -0.2) is 0 Å². The van der Waals surface area contributed by atoms with E-state index < -0.39 is 29.6 Å². The van der Waals surface area contributed by atoms with Crippen molar-refractivity contribution in [2.45, 2.75) is 23.9 Å². The highest BCUT2D eigenvalue weighted by Crippen LogP contribution is 2.56. The molecule has 10 heteroatoms. The van der Waals surface area contributed by atoms with Crippen molar-refractivity contribution in [2.24, 2.45) is 7.05 Å². The van der Waals surface area contributed by atoms with Crippen LogP contribution in [0.2, 0.25) is 0 Å². The van der Waals surface area contributed by atoms with E-state index in [9.17, 15) is 40.2 Å². The Morgan fingerprint density at radius 3 is 1.83 bits per heavy atom. The van der Waals surface area contributed by atoms with E-state index in [2.05, 4.69) is 0 Å². The van der Waals surface area contributed by atoms with E-state index in [1.54, 1.807) is 0 Å². The maximum absolute atomic E-state index is 13.6. The molecule has 1 aromatic heterocycles. The Bertz CT molecular complexity index is 730. The summed E-state index contributed by atoms with van der Waals surface area (Å²) in [6.45, 7) is 0. The molecule has 0 amide bonds. The molecule has 2 rings (SSSR count). The molecule has 2 aromatic rings. The first-order chi connectivity index (χ1) is 10.2. The van der Waals surface area contributed by atoms with Crippen LogP contribution in [0.5, 0.6) is 0 Å². The fraction of sp³-hybridized carbons (Fsp3) is 0.385. The second-order valence-electron chi connectivity index (χ2n) is 4.93. The van der Waals surface area contributed by atoms with E-state index in [4.69, 9.17) is 0 Å². The number of nitrogens with zero attached hydrogens (tertiary/aromatic N) is 1. The zero-order chi connectivity index (χ0) is 17.8. The van der Waals surface area contributed by atoms with E-state index in [1.165, 1.54) is 24.3 Å². The number of hydrogen-bond acceptors (Lipinski definition) is 1. The molecule has 1 atom stereocenters. The number of rotatable bonds is 2. The van der Waals surface area contributed by atoms with Crippen LogP contribution in [-0.2, 0) is 12.6 Å². The standard InChI is InChI=1S/C13H9F8NO/c1-22-8-5-3-2-4-7(8)6-9(22)10(23,12(16,17)18)11(14,15)13(19,20)21/h2-6,23H,1H3. The van der Waals surface area contributed by atoms with Crippen molar-refractivity contribution in [1.82, 2.24) is 4.57 Å². The Labute approximate surface area is 123 Å². The summed E-state index contributed by atoms with van der Waals surface area (Å²) in [5.41, 5.74) is -7.07. The lowest BCUT2D eigenvalue weighted by atomic mass is 9.90. The van der Waals surface area contributed by atoms with Crippen molar-refractivity contribution in [3.63, 3.8) is 0 Å². The highest BCUT2D eigenvalue weighted by atomic mass is 19.4. The molecule has 0 fully saturated rings. The summed E-state index contributed by atoms with van der Waals surface area (Å²) in [6, 6.07) is 5.63. The van der Waals surface area contributed by atoms with Crippen LogP contribution < -0.4 is 0 Å². The number of alkyl halides is 8. The molecule has 0 aliphatic carbocycles. The van der Waals surface area contributed by atoms with Crippen molar-refractivity contribution >= 4 is 10.9 Å².